The third-order valence-electron chi connectivity index (χ3n) is 2.62. The molecule has 0 aliphatic heterocycles. The Morgan fingerprint density at radius 1 is 1.33 bits per heavy atom. The van der Waals surface area contributed by atoms with E-state index in [0.717, 1.165) is 0 Å². The summed E-state index contributed by atoms with van der Waals surface area (Å²) in [7, 11) is 0. The zero-order valence-corrected chi connectivity index (χ0v) is 11.8. The van der Waals surface area contributed by atoms with E-state index in [1.807, 2.05) is 6.07 Å². The Morgan fingerprint density at radius 3 is 2.86 bits per heavy atom. The van der Waals surface area contributed by atoms with Crippen LogP contribution in [-0.2, 0) is 4.79 Å². The second-order valence-corrected chi connectivity index (χ2v) is 5.26. The van der Waals surface area contributed by atoms with Gasteiger partial charge >= 0.3 is 0 Å². The van der Waals surface area contributed by atoms with Gasteiger partial charge in [0, 0.05) is 10.6 Å². The third-order valence-corrected chi connectivity index (χ3v) is 3.61. The van der Waals surface area contributed by atoms with Crippen LogP contribution in [0.15, 0.2) is 47.4 Å². The van der Waals surface area contributed by atoms with Crippen molar-refractivity contribution >= 4 is 29.0 Å². The van der Waals surface area contributed by atoms with E-state index in [1.54, 1.807) is 30.3 Å². The molecule has 21 heavy (non-hydrogen) atoms. The van der Waals surface area contributed by atoms with Crippen LogP contribution in [0.1, 0.15) is 5.56 Å². The minimum atomic E-state index is -0.498. The van der Waals surface area contributed by atoms with E-state index >= 15 is 0 Å². The summed E-state index contributed by atoms with van der Waals surface area (Å²) in [5, 5.41) is 11.5. The molecule has 2 rings (SSSR count). The summed E-state index contributed by atoms with van der Waals surface area (Å²) in [5.41, 5.74) is 6.50. The predicted molar refractivity (Wildman–Crippen MR) is 81.3 cm³/mol. The predicted octanol–water partition coefficient (Wildman–Crippen LogP) is 3.01. The number of anilines is 2. The van der Waals surface area contributed by atoms with Crippen LogP contribution < -0.4 is 11.1 Å². The van der Waals surface area contributed by atoms with Crippen molar-refractivity contribution in [2.45, 2.75) is 4.90 Å². The van der Waals surface area contributed by atoms with Gasteiger partial charge in [-0.25, -0.2) is 4.39 Å². The van der Waals surface area contributed by atoms with Crippen LogP contribution in [0.2, 0.25) is 0 Å². The number of carbonyl (C=O) groups is 1. The quantitative estimate of drug-likeness (QED) is 0.672. The molecule has 0 saturated heterocycles. The molecule has 1 amide bonds. The first-order chi connectivity index (χ1) is 10.1. The van der Waals surface area contributed by atoms with Gasteiger partial charge in [0.05, 0.1) is 23.1 Å². The standard InChI is InChI=1S/C15H12FN3OS/c16-13-7-12(4-5-14(13)18)21-9-15(20)19-11-3-1-2-10(6-11)8-17/h1-7H,9,18H2,(H,19,20). The number of nitrogens with zero attached hydrogens (tertiary/aromatic N) is 1. The van der Waals surface area contributed by atoms with Crippen LogP contribution in [0.25, 0.3) is 0 Å². The number of nitrogen functional groups attached to an aromatic ring is 1. The Labute approximate surface area is 125 Å². The Balaban J connectivity index is 1.92. The zero-order chi connectivity index (χ0) is 15.2. The number of benzene rings is 2. The number of nitrogens with one attached hydrogen (secondary N) is 1. The lowest BCUT2D eigenvalue weighted by molar-refractivity contribution is -0.113. The molecule has 0 heterocycles. The van der Waals surface area contributed by atoms with Crippen molar-refractivity contribution in [3.05, 3.63) is 53.8 Å². The molecule has 2 aromatic rings. The lowest BCUT2D eigenvalue weighted by atomic mass is 10.2. The molecule has 3 N–H and O–H groups in total. The van der Waals surface area contributed by atoms with E-state index < -0.39 is 5.82 Å². The van der Waals surface area contributed by atoms with Gasteiger partial charge in [-0.1, -0.05) is 6.07 Å². The van der Waals surface area contributed by atoms with Crippen LogP contribution in [0, 0.1) is 17.1 Å². The number of halogens is 1. The van der Waals surface area contributed by atoms with E-state index in [-0.39, 0.29) is 17.3 Å². The first-order valence-corrected chi connectivity index (χ1v) is 7.05. The Kier molecular flexibility index (Phi) is 4.80. The molecule has 0 aliphatic rings. The van der Waals surface area contributed by atoms with Gasteiger partial charge in [-0.2, -0.15) is 5.26 Å². The van der Waals surface area contributed by atoms with Crippen LogP contribution in [0.5, 0.6) is 0 Å². The van der Waals surface area contributed by atoms with Gasteiger partial charge in [-0.15, -0.1) is 11.8 Å². The van der Waals surface area contributed by atoms with Gasteiger partial charge in [-0.05, 0) is 36.4 Å². The fraction of sp³-hybridized carbons (Fsp3) is 0.0667. The Morgan fingerprint density at radius 2 is 2.14 bits per heavy atom. The largest absolute Gasteiger partial charge is 0.396 e. The van der Waals surface area contributed by atoms with Crippen molar-refractivity contribution in [1.29, 1.82) is 5.26 Å². The lowest BCUT2D eigenvalue weighted by Gasteiger charge is -2.06. The summed E-state index contributed by atoms with van der Waals surface area (Å²) in [5.74, 6) is -0.588. The first-order valence-electron chi connectivity index (χ1n) is 6.06. The van der Waals surface area contributed by atoms with Crippen molar-refractivity contribution < 1.29 is 9.18 Å². The minimum Gasteiger partial charge on any atom is -0.396 e. The Hall–Kier alpha value is -2.52. The van der Waals surface area contributed by atoms with Gasteiger partial charge in [0.15, 0.2) is 0 Å². The monoisotopic (exact) mass is 301 g/mol. The molecule has 4 nitrogen and oxygen atoms in total. The van der Waals surface area contributed by atoms with Crippen molar-refractivity contribution in [2.75, 3.05) is 16.8 Å². The van der Waals surface area contributed by atoms with Gasteiger partial charge in [0.1, 0.15) is 5.82 Å². The number of carbonyl (C=O) groups excluding carboxylic acids is 1. The number of hydrogen-bond donors (Lipinski definition) is 2. The number of nitrogens with two attached hydrogens (primary N) is 1. The van der Waals surface area contributed by atoms with Gasteiger partial charge in [-0.3, -0.25) is 4.79 Å². The highest BCUT2D eigenvalue weighted by molar-refractivity contribution is 8.00. The first kappa shape index (κ1) is 14.9. The van der Waals surface area contributed by atoms with Gasteiger partial charge < -0.3 is 11.1 Å². The fourth-order valence-corrected chi connectivity index (χ4v) is 2.33. The molecular weight excluding hydrogens is 289 g/mol. The smallest absolute Gasteiger partial charge is 0.234 e. The molecule has 0 aliphatic carbocycles. The van der Waals surface area contributed by atoms with E-state index in [1.165, 1.54) is 23.9 Å². The summed E-state index contributed by atoms with van der Waals surface area (Å²) in [6.45, 7) is 0. The molecule has 0 fully saturated rings. The number of nitriles is 1. The molecule has 6 heteroatoms. The zero-order valence-electron chi connectivity index (χ0n) is 11.0. The van der Waals surface area contributed by atoms with Crippen LogP contribution in [0.3, 0.4) is 0 Å². The van der Waals surface area contributed by atoms with E-state index in [4.69, 9.17) is 11.0 Å². The highest BCUT2D eigenvalue weighted by Crippen LogP contribution is 2.22. The summed E-state index contributed by atoms with van der Waals surface area (Å²) in [4.78, 5) is 12.4. The van der Waals surface area contributed by atoms with E-state index in [9.17, 15) is 9.18 Å². The van der Waals surface area contributed by atoms with Crippen LogP contribution in [-0.4, -0.2) is 11.7 Å². The summed E-state index contributed by atoms with van der Waals surface area (Å²) in [6, 6.07) is 13.1. The normalized spacial score (nSPS) is 9.90. The lowest BCUT2D eigenvalue weighted by Crippen LogP contribution is -2.14. The molecular formula is C15H12FN3OS. The highest BCUT2D eigenvalue weighted by Gasteiger charge is 2.06. The molecule has 0 spiro atoms. The maximum absolute atomic E-state index is 13.3. The SMILES string of the molecule is N#Cc1cccc(NC(=O)CSc2ccc(N)c(F)c2)c1. The minimum absolute atomic E-state index is 0.0807. The van der Waals surface area contributed by atoms with Crippen molar-refractivity contribution in [3.63, 3.8) is 0 Å². The fourth-order valence-electron chi connectivity index (χ4n) is 1.61. The molecule has 0 saturated carbocycles. The van der Waals surface area contributed by atoms with E-state index in [0.29, 0.717) is 16.1 Å². The van der Waals surface area contributed by atoms with E-state index in [2.05, 4.69) is 5.32 Å². The number of thioether (sulfide) groups is 1. The molecule has 0 atom stereocenters. The average molecular weight is 301 g/mol. The van der Waals surface area contributed by atoms with Gasteiger partial charge in [0.25, 0.3) is 0 Å². The van der Waals surface area contributed by atoms with Crippen molar-refractivity contribution in [3.8, 4) is 6.07 Å². The summed E-state index contributed by atoms with van der Waals surface area (Å²) >= 11 is 1.21. The third kappa shape index (κ3) is 4.23. The number of rotatable bonds is 4. The number of hydrogen-bond acceptors (Lipinski definition) is 4. The molecule has 0 bridgehead atoms. The molecule has 0 aromatic heterocycles. The maximum atomic E-state index is 13.3. The average Bonchev–Trinajstić information content (AvgIpc) is 2.48. The van der Waals surface area contributed by atoms with Crippen molar-refractivity contribution in [1.82, 2.24) is 0 Å². The molecule has 0 unspecified atom stereocenters. The second kappa shape index (κ2) is 6.77. The number of amides is 1. The van der Waals surface area contributed by atoms with Gasteiger partial charge in [0.2, 0.25) is 5.91 Å². The highest BCUT2D eigenvalue weighted by atomic mass is 32.2. The Bertz CT molecular complexity index is 712. The second-order valence-electron chi connectivity index (χ2n) is 4.21. The summed E-state index contributed by atoms with van der Waals surface area (Å²) in [6.07, 6.45) is 0. The molecule has 2 aromatic carbocycles. The van der Waals surface area contributed by atoms with Crippen LogP contribution >= 0.6 is 11.8 Å². The maximum Gasteiger partial charge on any atom is 0.234 e. The van der Waals surface area contributed by atoms with Crippen LogP contribution in [0.4, 0.5) is 15.8 Å². The topological polar surface area (TPSA) is 78.9 Å². The van der Waals surface area contributed by atoms with Crippen molar-refractivity contribution in [2.24, 2.45) is 0 Å². The molecule has 0 radical (unpaired) electrons. The molecule has 106 valence electrons. The summed E-state index contributed by atoms with van der Waals surface area (Å²) < 4.78 is 13.3.